The van der Waals surface area contributed by atoms with E-state index in [9.17, 15) is 43.5 Å². The van der Waals surface area contributed by atoms with Crippen molar-refractivity contribution in [2.24, 2.45) is 0 Å². The van der Waals surface area contributed by atoms with Gasteiger partial charge >= 0.3 is 24.4 Å². The van der Waals surface area contributed by atoms with E-state index in [1.54, 1.807) is 107 Å². The molecule has 1 heterocycles. The molecule has 3 rings (SSSR count). The summed E-state index contributed by atoms with van der Waals surface area (Å²) < 4.78 is 21.4. The van der Waals surface area contributed by atoms with Gasteiger partial charge < -0.3 is 66.6 Å². The Balaban J connectivity index is 1.90. The number of carbonyl (C=O) groups is 8. The van der Waals surface area contributed by atoms with Crippen molar-refractivity contribution in [2.45, 2.75) is 168 Å². The predicted molar refractivity (Wildman–Crippen MR) is 264 cm³/mol. The van der Waals surface area contributed by atoms with Crippen LogP contribution in [0.4, 0.5) is 19.2 Å². The number of fused-ring (bicyclic) bond motifs is 5. The van der Waals surface area contributed by atoms with E-state index < -0.39 is 94.6 Å². The first-order valence-corrected chi connectivity index (χ1v) is 23.9. The van der Waals surface area contributed by atoms with E-state index >= 15 is 0 Å². The molecule has 0 saturated heterocycles. The van der Waals surface area contributed by atoms with Crippen LogP contribution >= 0.6 is 0 Å². The molecular weight excluding hydrogens is 921 g/mol. The van der Waals surface area contributed by atoms with Gasteiger partial charge in [0.05, 0.1) is 0 Å². The molecule has 0 spiro atoms. The fraction of sp³-hybridized carbons (Fsp3) is 0.600. The van der Waals surface area contributed by atoms with E-state index in [1.807, 2.05) is 12.1 Å². The van der Waals surface area contributed by atoms with Crippen molar-refractivity contribution in [2.75, 3.05) is 26.2 Å². The van der Waals surface area contributed by atoms with Crippen molar-refractivity contribution in [3.05, 3.63) is 53.6 Å². The third-order valence-corrected chi connectivity index (χ3v) is 9.88. The monoisotopic (exact) mass is 997 g/mol. The van der Waals surface area contributed by atoms with Crippen molar-refractivity contribution in [1.29, 1.82) is 0 Å². The van der Waals surface area contributed by atoms with Crippen molar-refractivity contribution in [1.82, 2.24) is 42.5 Å². The average Bonchev–Trinajstić information content (AvgIpc) is 3.21. The van der Waals surface area contributed by atoms with E-state index in [0.29, 0.717) is 22.3 Å². The first-order chi connectivity index (χ1) is 32.9. The average molecular weight is 997 g/mol. The van der Waals surface area contributed by atoms with Gasteiger partial charge in [-0.15, -0.1) is 0 Å². The number of hydrogen-bond acceptors (Lipinski definition) is 13. The SMILES string of the molecule is CC(C)(C)OC(=O)NCCC[C@H](NC(=O)OC(C)(C)C)C(=O)NCCNC(=O)[C@@H]1Cc2cccc(c2)-c2ccc(O)c(c2)C[C@H](NC(=O)OC(C)(C)C)C(=O)N[C@@H](CCCNC(=O)OC(C)(C)C)C(=O)N1. The van der Waals surface area contributed by atoms with E-state index in [4.69, 9.17) is 18.9 Å². The molecule has 4 atom stereocenters. The van der Waals surface area contributed by atoms with Crippen LogP contribution in [0.2, 0.25) is 0 Å². The standard InChI is InChI=1S/C50H76N8O13/c1-47(2,3)68-43(64)53-22-14-18-34(57-45(66)70-49(7,8)9)39(60)51-24-25-52-40(61)36-27-30-16-13-17-31(26-30)32-20-21-38(59)33(28-32)29-37(58-46(67)71-50(10,11)12)42(63)55-35(41(62)56-36)19-15-23-54-44(65)69-48(4,5)6/h13,16-17,20-21,26,28,34-37,59H,14-15,18-19,22-25,27,29H2,1-12H3,(H,51,60)(H,52,61)(H,53,64)(H,54,65)(H,55,63)(H,56,62)(H,57,66)(H,58,67)/t34-,35-,36-,37-/m0/s1. The van der Waals surface area contributed by atoms with Crippen LogP contribution in [-0.2, 0) is 51.0 Å². The molecule has 21 heteroatoms. The first kappa shape index (κ1) is 58.5. The first-order valence-electron chi connectivity index (χ1n) is 23.9. The molecule has 71 heavy (non-hydrogen) atoms. The maximum Gasteiger partial charge on any atom is 0.408 e. The highest BCUT2D eigenvalue weighted by Crippen LogP contribution is 2.28. The summed E-state index contributed by atoms with van der Waals surface area (Å²) in [6.45, 7) is 20.3. The Morgan fingerprint density at radius 1 is 0.620 bits per heavy atom. The van der Waals surface area contributed by atoms with E-state index in [2.05, 4.69) is 42.5 Å². The maximum absolute atomic E-state index is 14.3. The third-order valence-electron chi connectivity index (χ3n) is 9.88. The molecule has 0 unspecified atom stereocenters. The van der Waals surface area contributed by atoms with Gasteiger partial charge in [0.25, 0.3) is 0 Å². The van der Waals surface area contributed by atoms with Gasteiger partial charge in [-0.25, -0.2) is 19.2 Å². The summed E-state index contributed by atoms with van der Waals surface area (Å²) >= 11 is 0. The van der Waals surface area contributed by atoms with Gasteiger partial charge in [0, 0.05) is 39.0 Å². The molecule has 0 fully saturated rings. The second-order valence-electron chi connectivity index (χ2n) is 21.2. The van der Waals surface area contributed by atoms with Crippen LogP contribution in [0.1, 0.15) is 120 Å². The Morgan fingerprint density at radius 2 is 1.17 bits per heavy atom. The molecule has 4 bridgehead atoms. The van der Waals surface area contributed by atoms with Crippen LogP contribution in [-0.4, -0.2) is 126 Å². The van der Waals surface area contributed by atoms with Gasteiger partial charge in [-0.1, -0.05) is 30.3 Å². The Hall–Kier alpha value is -6.80. The zero-order valence-electron chi connectivity index (χ0n) is 43.3. The van der Waals surface area contributed by atoms with Crippen LogP contribution < -0.4 is 42.5 Å². The van der Waals surface area contributed by atoms with Crippen molar-refractivity contribution >= 4 is 48.0 Å². The number of ether oxygens (including phenoxy) is 4. The Morgan fingerprint density at radius 3 is 1.77 bits per heavy atom. The van der Waals surface area contributed by atoms with Gasteiger partial charge in [-0.3, -0.25) is 19.2 Å². The molecule has 0 saturated carbocycles. The smallest absolute Gasteiger partial charge is 0.408 e. The van der Waals surface area contributed by atoms with Crippen LogP contribution in [0.3, 0.4) is 0 Å². The van der Waals surface area contributed by atoms with Crippen molar-refractivity contribution in [3.8, 4) is 16.9 Å². The van der Waals surface area contributed by atoms with Crippen molar-refractivity contribution in [3.63, 3.8) is 0 Å². The number of carbonyl (C=O) groups excluding carboxylic acids is 8. The van der Waals surface area contributed by atoms with Gasteiger partial charge in [-0.05, 0) is 143 Å². The molecule has 0 radical (unpaired) electrons. The number of phenolic OH excluding ortho intramolecular Hbond substituents is 1. The number of hydrogen-bond donors (Lipinski definition) is 9. The van der Waals surface area contributed by atoms with Crippen LogP contribution in [0, 0.1) is 0 Å². The topological polar surface area (TPSA) is 290 Å². The third kappa shape index (κ3) is 23.1. The fourth-order valence-electron chi connectivity index (χ4n) is 6.90. The zero-order valence-corrected chi connectivity index (χ0v) is 43.3. The molecule has 0 aliphatic carbocycles. The number of rotatable bonds is 15. The number of nitrogens with one attached hydrogen (secondary N) is 8. The highest BCUT2D eigenvalue weighted by atomic mass is 16.6. The molecule has 0 aromatic heterocycles. The summed E-state index contributed by atoms with van der Waals surface area (Å²) in [6.07, 6.45) is -2.79. The minimum atomic E-state index is -1.36. The normalized spacial score (nSPS) is 17.0. The summed E-state index contributed by atoms with van der Waals surface area (Å²) in [4.78, 5) is 107. The highest BCUT2D eigenvalue weighted by molar-refractivity contribution is 5.94. The largest absolute Gasteiger partial charge is 0.508 e. The lowest BCUT2D eigenvalue weighted by atomic mass is 9.96. The maximum atomic E-state index is 14.3. The zero-order chi connectivity index (χ0) is 53.3. The summed E-state index contributed by atoms with van der Waals surface area (Å²) in [6, 6.07) is 7.04. The summed E-state index contributed by atoms with van der Waals surface area (Å²) in [7, 11) is 0. The molecule has 21 nitrogen and oxygen atoms in total. The van der Waals surface area contributed by atoms with E-state index in [1.165, 1.54) is 6.07 Å². The Labute approximate surface area is 416 Å². The van der Waals surface area contributed by atoms with Gasteiger partial charge in [0.2, 0.25) is 23.6 Å². The molecule has 2 aromatic carbocycles. The minimum absolute atomic E-state index is 0.0222. The molecule has 394 valence electrons. The molecule has 8 amide bonds. The lowest BCUT2D eigenvalue weighted by molar-refractivity contribution is -0.132. The van der Waals surface area contributed by atoms with Crippen LogP contribution in [0.5, 0.6) is 5.75 Å². The summed E-state index contributed by atoms with van der Waals surface area (Å²) in [5.74, 6) is -2.92. The Kier molecular flexibility index (Phi) is 21.3. The van der Waals surface area contributed by atoms with Crippen molar-refractivity contribution < 1.29 is 62.4 Å². The Bertz CT molecular complexity index is 2190. The number of amides is 8. The summed E-state index contributed by atoms with van der Waals surface area (Å²) in [5.41, 5.74) is -0.951. The second kappa shape index (κ2) is 25.9. The number of aromatic hydroxyl groups is 1. The minimum Gasteiger partial charge on any atom is -0.508 e. The molecular formula is C50H76N8O13. The molecule has 9 N–H and O–H groups in total. The van der Waals surface area contributed by atoms with E-state index in [0.717, 1.165) is 0 Å². The van der Waals surface area contributed by atoms with Crippen LogP contribution in [0.15, 0.2) is 42.5 Å². The predicted octanol–water partition coefficient (Wildman–Crippen LogP) is 4.76. The second-order valence-corrected chi connectivity index (χ2v) is 21.2. The number of phenols is 1. The van der Waals surface area contributed by atoms with Gasteiger partial charge in [0.1, 0.15) is 52.3 Å². The fourth-order valence-corrected chi connectivity index (χ4v) is 6.90. The molecule has 1 aliphatic heterocycles. The van der Waals surface area contributed by atoms with E-state index in [-0.39, 0.29) is 70.5 Å². The van der Waals surface area contributed by atoms with Crippen LogP contribution in [0.25, 0.3) is 11.1 Å². The van der Waals surface area contributed by atoms with Gasteiger partial charge in [-0.2, -0.15) is 0 Å². The lowest BCUT2D eigenvalue weighted by Crippen LogP contribution is -2.58. The highest BCUT2D eigenvalue weighted by Gasteiger charge is 2.32. The quantitative estimate of drug-likeness (QED) is 0.0861. The van der Waals surface area contributed by atoms with Gasteiger partial charge in [0.15, 0.2) is 0 Å². The lowest BCUT2D eigenvalue weighted by Gasteiger charge is -2.27. The summed E-state index contributed by atoms with van der Waals surface area (Å²) in [5, 5.41) is 32.4. The molecule has 2 aromatic rings. The number of alkyl carbamates (subject to hydrolysis) is 4. The molecule has 1 aliphatic rings. The number of benzene rings is 2.